The van der Waals surface area contributed by atoms with E-state index in [0.717, 1.165) is 30.3 Å². The number of rotatable bonds is 6. The van der Waals surface area contributed by atoms with Crippen LogP contribution in [0, 0.1) is 10.9 Å². The van der Waals surface area contributed by atoms with Crippen LogP contribution in [0.25, 0.3) is 15.9 Å². The normalized spacial score (nSPS) is 12.3. The lowest BCUT2D eigenvalue weighted by atomic mass is 10.0. The van der Waals surface area contributed by atoms with E-state index in [9.17, 15) is 33.0 Å². The Morgan fingerprint density at radius 3 is 2.29 bits per heavy atom. The summed E-state index contributed by atoms with van der Waals surface area (Å²) in [5, 5.41) is 38.9. The van der Waals surface area contributed by atoms with Crippen LogP contribution in [0.3, 0.4) is 0 Å². The summed E-state index contributed by atoms with van der Waals surface area (Å²) in [6, 6.07) is 12.9. The molecule has 0 spiro atoms. The lowest BCUT2D eigenvalue weighted by Crippen LogP contribution is -2.48. The van der Waals surface area contributed by atoms with E-state index < -0.39 is 70.4 Å². The highest BCUT2D eigenvalue weighted by Crippen LogP contribution is 2.40. The van der Waals surface area contributed by atoms with Crippen LogP contribution < -0.4 is 25.8 Å². The average molecular weight is 533 g/mol. The maximum absolute atomic E-state index is 13.3. The number of carbonyl (C=O) groups is 1. The number of nitrogens with one attached hydrogen (secondary N) is 1. The molecule has 3 N–H and O–H groups in total. The summed E-state index contributed by atoms with van der Waals surface area (Å²) in [6.07, 6.45) is 0. The molecule has 0 unspecified atom stereocenters. The highest BCUT2D eigenvalue weighted by atomic mass is 32.2. The van der Waals surface area contributed by atoms with Gasteiger partial charge in [-0.05, 0) is 18.2 Å². The zero-order chi connectivity index (χ0) is 27.6. The molecule has 0 saturated heterocycles. The molecule has 4 aromatic rings. The van der Waals surface area contributed by atoms with E-state index in [1.807, 2.05) is 0 Å². The highest BCUT2D eigenvalue weighted by Gasteiger charge is 2.28. The Labute approximate surface area is 211 Å². The largest absolute Gasteiger partial charge is 0.504 e. The van der Waals surface area contributed by atoms with Crippen LogP contribution in [0.2, 0.25) is 0 Å². The molecule has 0 saturated carbocycles. The number of aromatic hydroxyl groups is 2. The first-order valence-electron chi connectivity index (χ1n) is 10.3. The van der Waals surface area contributed by atoms with Gasteiger partial charge >= 0.3 is 15.2 Å². The van der Waals surface area contributed by atoms with Gasteiger partial charge in [-0.25, -0.2) is 0 Å². The molecule has 4 rings (SSSR count). The molecule has 38 heavy (non-hydrogen) atoms. The van der Waals surface area contributed by atoms with Crippen LogP contribution in [0.1, 0.15) is 15.9 Å². The topological polar surface area (TPSA) is 224 Å². The number of phenols is 2. The number of nitrogens with zero attached hydrogens (tertiary/aromatic N) is 5. The number of fused-ring (bicyclic) bond motifs is 1. The molecule has 0 aliphatic carbocycles. The molecule has 15 heteroatoms. The highest BCUT2D eigenvalue weighted by molar-refractivity contribution is 7.87. The van der Waals surface area contributed by atoms with Gasteiger partial charge in [-0.2, -0.15) is 13.9 Å². The van der Waals surface area contributed by atoms with Gasteiger partial charge in [-0.3, -0.25) is 14.4 Å². The number of carbonyl (C=O) groups excluding carboxylic acids is 1. The second kappa shape index (κ2) is 9.79. The first-order chi connectivity index (χ1) is 18.1. The molecule has 4 aromatic carbocycles. The molecular weight excluding hydrogens is 520 g/mol. The smallest absolute Gasteiger partial charge is 0.340 e. The summed E-state index contributed by atoms with van der Waals surface area (Å²) in [5.41, 5.74) is 4.24. The third-order valence-corrected chi connectivity index (χ3v) is 6.59. The predicted octanol–water partition coefficient (Wildman–Crippen LogP) is 1.36. The molecule has 0 aliphatic rings. The van der Waals surface area contributed by atoms with Crippen molar-refractivity contribution in [2.75, 3.05) is 0 Å². The van der Waals surface area contributed by atoms with E-state index in [4.69, 9.17) is 15.1 Å². The zero-order valence-corrected chi connectivity index (χ0v) is 19.6. The van der Waals surface area contributed by atoms with Crippen molar-refractivity contribution in [3.63, 3.8) is 0 Å². The van der Waals surface area contributed by atoms with Gasteiger partial charge in [0.25, 0.3) is 10.8 Å². The number of hydrogen-bond donors (Lipinski definition) is 3. The number of diazo groups is 1. The maximum Gasteiger partial charge on any atom is 0.340 e. The summed E-state index contributed by atoms with van der Waals surface area (Å²) in [5.74, 6) is -3.45. The van der Waals surface area contributed by atoms with Crippen LogP contribution in [0.4, 0.5) is 0 Å². The lowest BCUT2D eigenvalue weighted by Gasteiger charge is -2.12. The van der Waals surface area contributed by atoms with Crippen molar-refractivity contribution in [1.82, 2.24) is 0 Å². The Bertz CT molecular complexity index is 2030. The fraction of sp³-hybridized carbons (Fsp3) is 0. The van der Waals surface area contributed by atoms with E-state index in [1.165, 1.54) is 12.1 Å². The van der Waals surface area contributed by atoms with E-state index >= 15 is 0 Å². The number of hydrogen-bond acceptors (Lipinski definition) is 12. The zero-order valence-electron chi connectivity index (χ0n) is 18.8. The average Bonchev–Trinajstić information content (AvgIpc) is 2.91. The Balaban J connectivity index is 1.91. The summed E-state index contributed by atoms with van der Waals surface area (Å²) in [4.78, 5) is 36.9. The van der Waals surface area contributed by atoms with Crippen molar-refractivity contribution in [3.8, 4) is 17.2 Å². The second-order valence-electron chi connectivity index (χ2n) is 7.46. The summed E-state index contributed by atoms with van der Waals surface area (Å²) in [6.45, 7) is 0. The molecule has 0 amide bonds. The summed E-state index contributed by atoms with van der Waals surface area (Å²) < 4.78 is 31.5. The van der Waals surface area contributed by atoms with Crippen molar-refractivity contribution in [1.29, 1.82) is 10.9 Å². The fourth-order valence-corrected chi connectivity index (χ4v) is 4.80. The minimum atomic E-state index is -4.97. The Morgan fingerprint density at radius 2 is 1.63 bits per heavy atom. The van der Waals surface area contributed by atoms with Gasteiger partial charge in [0.05, 0.1) is 5.56 Å². The molecule has 0 aliphatic heterocycles. The van der Waals surface area contributed by atoms with Gasteiger partial charge in [0, 0.05) is 16.3 Å². The quantitative estimate of drug-likeness (QED) is 0.0617. The van der Waals surface area contributed by atoms with Crippen LogP contribution in [0.5, 0.6) is 17.2 Å². The molecular formula is C23H13N6O8S+. The van der Waals surface area contributed by atoms with Gasteiger partial charge in [0.2, 0.25) is 11.2 Å². The van der Waals surface area contributed by atoms with E-state index in [1.54, 1.807) is 18.2 Å². The van der Waals surface area contributed by atoms with Gasteiger partial charge in [0.15, 0.2) is 33.1 Å². The van der Waals surface area contributed by atoms with Gasteiger partial charge < -0.3 is 14.4 Å². The fourth-order valence-electron chi connectivity index (χ4n) is 3.63. The van der Waals surface area contributed by atoms with Crippen molar-refractivity contribution >= 4 is 26.7 Å². The standard InChI is InChI=1S/C23H12N6O8S/c24-28-26-17-16-12(20(31)23(34)18(17)27-29-25)7-4-8-15(16)38(35,36)37-14-10-9-13(21(32)22(14)33)19(30)11-5-2-1-3-6-11/h1-10,24-25H/p+1. The minimum absolute atomic E-state index is 0.191. The molecule has 0 bridgehead atoms. The van der Waals surface area contributed by atoms with Crippen LogP contribution >= 0.6 is 0 Å². The molecule has 0 aromatic heterocycles. The molecule has 0 fully saturated rings. The molecule has 188 valence electrons. The predicted molar refractivity (Wildman–Crippen MR) is 128 cm³/mol. The van der Waals surface area contributed by atoms with E-state index in [2.05, 4.69) is 20.5 Å². The molecule has 0 radical (unpaired) electrons. The van der Waals surface area contributed by atoms with E-state index in [-0.39, 0.29) is 11.1 Å². The monoisotopic (exact) mass is 533 g/mol. The first kappa shape index (κ1) is 25.5. The summed E-state index contributed by atoms with van der Waals surface area (Å²) in [7, 11) is -4.97. The lowest BCUT2D eigenvalue weighted by molar-refractivity contribution is 0.103. The number of ketones is 1. The maximum atomic E-state index is 13.3. The second-order valence-corrected chi connectivity index (χ2v) is 8.98. The minimum Gasteiger partial charge on any atom is -0.504 e. The number of benzene rings is 4. The van der Waals surface area contributed by atoms with Crippen molar-refractivity contribution in [2.24, 2.45) is 15.4 Å². The van der Waals surface area contributed by atoms with Gasteiger partial charge in [0.1, 0.15) is 4.90 Å². The van der Waals surface area contributed by atoms with Crippen LogP contribution in [-0.4, -0.2) is 24.4 Å². The van der Waals surface area contributed by atoms with Crippen molar-refractivity contribution < 1.29 is 27.6 Å². The van der Waals surface area contributed by atoms with Crippen LogP contribution in [-0.2, 0) is 10.1 Å². The number of phenolic OH excluding ortho intramolecular Hbond substituents is 2. The molecule has 14 nitrogen and oxygen atoms in total. The Morgan fingerprint density at radius 1 is 0.921 bits per heavy atom. The Hall–Kier alpha value is -5.62. The van der Waals surface area contributed by atoms with Gasteiger partial charge in [-0.15, -0.1) is 5.10 Å². The van der Waals surface area contributed by atoms with E-state index in [0.29, 0.717) is 0 Å². The third kappa shape index (κ3) is 4.27. The first-order valence-corrected chi connectivity index (χ1v) is 11.7. The SMILES string of the molecule is N#[N+]N=c1c(=NN=N)c(=O)c(=O)c2cccc(S(=O)(=O)Oc3ccc(C(=O)c4ccccc4)c(O)c3O)c12. The molecule has 0 heterocycles. The van der Waals surface area contributed by atoms with Crippen molar-refractivity contribution in [3.05, 3.63) is 108 Å². The third-order valence-electron chi connectivity index (χ3n) is 5.31. The van der Waals surface area contributed by atoms with Crippen molar-refractivity contribution in [2.45, 2.75) is 4.90 Å². The summed E-state index contributed by atoms with van der Waals surface area (Å²) >= 11 is 0. The molecule has 0 atom stereocenters. The van der Waals surface area contributed by atoms with Crippen LogP contribution in [0.15, 0.2) is 90.6 Å². The Kier molecular flexibility index (Phi) is 6.56. The van der Waals surface area contributed by atoms with Gasteiger partial charge in [-0.1, -0.05) is 47.7 Å².